The van der Waals surface area contributed by atoms with Gasteiger partial charge in [-0.2, -0.15) is 0 Å². The predicted molar refractivity (Wildman–Crippen MR) is 106 cm³/mol. The molecule has 4 bridgehead atoms. The maximum absolute atomic E-state index is 3.44. The van der Waals surface area contributed by atoms with Crippen LogP contribution in [-0.4, -0.2) is 47.0 Å². The summed E-state index contributed by atoms with van der Waals surface area (Å²) in [4.78, 5) is 9.01. The van der Waals surface area contributed by atoms with E-state index in [1.54, 1.807) is 32.1 Å². The minimum Gasteiger partial charge on any atom is -0.361 e. The SMILES string of the molecule is c1ccc2c(CN3CCN(C4C5CC6CC(C5)CC4C6)CC3)c[nH]c2c1. The molecule has 1 N–H and O–H groups in total. The van der Waals surface area contributed by atoms with E-state index in [-0.39, 0.29) is 0 Å². The fourth-order valence-electron chi connectivity index (χ4n) is 7.22. The number of hydrogen-bond acceptors (Lipinski definition) is 2. The highest BCUT2D eigenvalue weighted by molar-refractivity contribution is 5.82. The van der Waals surface area contributed by atoms with Gasteiger partial charge in [-0.25, -0.2) is 0 Å². The normalized spacial score (nSPS) is 37.6. The molecule has 0 atom stereocenters. The number of aromatic amines is 1. The van der Waals surface area contributed by atoms with E-state index in [2.05, 4.69) is 45.2 Å². The minimum atomic E-state index is 0.929. The smallest absolute Gasteiger partial charge is 0.0457 e. The third-order valence-corrected chi connectivity index (χ3v) is 8.07. The van der Waals surface area contributed by atoms with Crippen LogP contribution in [0.25, 0.3) is 10.9 Å². The van der Waals surface area contributed by atoms with Crippen LogP contribution in [0.2, 0.25) is 0 Å². The predicted octanol–water partition coefficient (Wildman–Crippen LogP) is 4.11. The van der Waals surface area contributed by atoms with Gasteiger partial charge in [-0.1, -0.05) is 18.2 Å². The van der Waals surface area contributed by atoms with Crippen molar-refractivity contribution in [2.24, 2.45) is 23.7 Å². The van der Waals surface area contributed by atoms with Crippen molar-refractivity contribution in [3.63, 3.8) is 0 Å². The molecule has 5 fully saturated rings. The number of fused-ring (bicyclic) bond motifs is 1. The Hall–Kier alpha value is -1.32. The van der Waals surface area contributed by atoms with Crippen LogP contribution in [0.5, 0.6) is 0 Å². The Morgan fingerprint density at radius 3 is 2.27 bits per heavy atom. The first-order chi connectivity index (χ1) is 12.8. The van der Waals surface area contributed by atoms with Gasteiger partial charge in [0.25, 0.3) is 0 Å². The second kappa shape index (κ2) is 6.10. The van der Waals surface area contributed by atoms with Crippen LogP contribution in [0.4, 0.5) is 0 Å². The molecule has 138 valence electrons. The van der Waals surface area contributed by atoms with E-state index in [0.717, 1.165) is 36.3 Å². The van der Waals surface area contributed by atoms with E-state index in [9.17, 15) is 0 Å². The maximum Gasteiger partial charge on any atom is 0.0457 e. The average Bonchev–Trinajstić information content (AvgIpc) is 3.05. The monoisotopic (exact) mass is 349 g/mol. The van der Waals surface area contributed by atoms with Crippen molar-refractivity contribution in [2.75, 3.05) is 26.2 Å². The molecule has 1 aromatic heterocycles. The van der Waals surface area contributed by atoms with Gasteiger partial charge in [0.15, 0.2) is 0 Å². The highest BCUT2D eigenvalue weighted by atomic mass is 15.3. The Morgan fingerprint density at radius 2 is 1.54 bits per heavy atom. The van der Waals surface area contributed by atoms with Crippen LogP contribution in [0, 0.1) is 23.7 Å². The largest absolute Gasteiger partial charge is 0.361 e. The maximum atomic E-state index is 3.44. The van der Waals surface area contributed by atoms with Crippen LogP contribution < -0.4 is 0 Å². The van der Waals surface area contributed by atoms with Crippen molar-refractivity contribution < 1.29 is 0 Å². The van der Waals surface area contributed by atoms with Crippen molar-refractivity contribution in [1.29, 1.82) is 0 Å². The third-order valence-electron chi connectivity index (χ3n) is 8.07. The fourth-order valence-corrected chi connectivity index (χ4v) is 7.22. The fraction of sp³-hybridized carbons (Fsp3) is 0.652. The highest BCUT2D eigenvalue weighted by Gasteiger charge is 2.50. The molecule has 7 rings (SSSR count). The van der Waals surface area contributed by atoms with E-state index in [1.165, 1.54) is 42.6 Å². The molecule has 3 heteroatoms. The molecule has 0 amide bonds. The second-order valence-electron chi connectivity index (χ2n) is 9.59. The number of hydrogen-bond donors (Lipinski definition) is 1. The first-order valence-electron chi connectivity index (χ1n) is 10.8. The summed E-state index contributed by atoms with van der Waals surface area (Å²) in [7, 11) is 0. The standard InChI is InChI=1S/C23H31N3/c1-2-4-22-21(3-1)20(14-24-22)15-25-5-7-26(8-6-25)23-18-10-16-9-17(12-18)13-19(23)11-16/h1-4,14,16-19,23-24H,5-13,15H2. The molecule has 2 heterocycles. The number of piperazine rings is 1. The Labute approximate surface area is 156 Å². The van der Waals surface area contributed by atoms with Gasteiger partial charge in [-0.15, -0.1) is 0 Å². The number of aromatic nitrogens is 1. The first kappa shape index (κ1) is 15.7. The summed E-state index contributed by atoms with van der Waals surface area (Å²) in [5.41, 5.74) is 2.73. The molecule has 4 aliphatic carbocycles. The minimum absolute atomic E-state index is 0.929. The number of nitrogens with zero attached hydrogens (tertiary/aromatic N) is 2. The van der Waals surface area contributed by atoms with Gasteiger partial charge >= 0.3 is 0 Å². The van der Waals surface area contributed by atoms with Crippen LogP contribution in [0.1, 0.15) is 37.7 Å². The molecule has 1 saturated heterocycles. The summed E-state index contributed by atoms with van der Waals surface area (Å²) in [5, 5.41) is 1.40. The lowest BCUT2D eigenvalue weighted by Gasteiger charge is -2.58. The van der Waals surface area contributed by atoms with E-state index >= 15 is 0 Å². The first-order valence-corrected chi connectivity index (χ1v) is 10.8. The van der Waals surface area contributed by atoms with Crippen molar-refractivity contribution >= 4 is 10.9 Å². The number of nitrogens with one attached hydrogen (secondary N) is 1. The van der Waals surface area contributed by atoms with E-state index in [0.29, 0.717) is 0 Å². The molecule has 1 aromatic carbocycles. The van der Waals surface area contributed by atoms with Crippen LogP contribution in [-0.2, 0) is 6.54 Å². The van der Waals surface area contributed by atoms with Gasteiger partial charge < -0.3 is 4.98 Å². The Kier molecular flexibility index (Phi) is 3.69. The van der Waals surface area contributed by atoms with Crippen molar-refractivity contribution in [3.8, 4) is 0 Å². The van der Waals surface area contributed by atoms with E-state index in [4.69, 9.17) is 0 Å². The molecule has 3 nitrogen and oxygen atoms in total. The Morgan fingerprint density at radius 1 is 0.846 bits per heavy atom. The topological polar surface area (TPSA) is 22.3 Å². The van der Waals surface area contributed by atoms with Gasteiger partial charge in [-0.05, 0) is 67.4 Å². The Bertz CT molecular complexity index is 758. The third kappa shape index (κ3) is 2.55. The molecule has 1 aliphatic heterocycles. The summed E-state index contributed by atoms with van der Waals surface area (Å²) >= 11 is 0. The Balaban J connectivity index is 1.12. The summed E-state index contributed by atoms with van der Waals surface area (Å²) in [6.45, 7) is 6.15. The van der Waals surface area contributed by atoms with Crippen LogP contribution in [0.15, 0.2) is 30.5 Å². The summed E-state index contributed by atoms with van der Waals surface area (Å²) in [6.07, 6.45) is 9.98. The van der Waals surface area contributed by atoms with Gasteiger partial charge in [-0.3, -0.25) is 9.80 Å². The zero-order chi connectivity index (χ0) is 17.1. The molecule has 5 aliphatic rings. The summed E-state index contributed by atoms with van der Waals surface area (Å²) in [5.74, 6) is 4.26. The highest BCUT2D eigenvalue weighted by Crippen LogP contribution is 2.55. The number of benzene rings is 1. The lowest BCUT2D eigenvalue weighted by molar-refractivity contribution is -0.0769. The molecule has 2 aromatic rings. The number of para-hydroxylation sites is 1. The van der Waals surface area contributed by atoms with E-state index < -0.39 is 0 Å². The molecule has 4 saturated carbocycles. The molecule has 26 heavy (non-hydrogen) atoms. The molecular formula is C23H31N3. The lowest BCUT2D eigenvalue weighted by atomic mass is 9.54. The molecule has 0 radical (unpaired) electrons. The van der Waals surface area contributed by atoms with Gasteiger partial charge in [0.05, 0.1) is 0 Å². The number of H-pyrrole nitrogens is 1. The zero-order valence-electron chi connectivity index (χ0n) is 15.7. The molecule has 0 unspecified atom stereocenters. The number of rotatable bonds is 3. The summed E-state index contributed by atoms with van der Waals surface area (Å²) < 4.78 is 0. The van der Waals surface area contributed by atoms with Crippen molar-refractivity contribution in [2.45, 2.75) is 44.7 Å². The quantitative estimate of drug-likeness (QED) is 0.901. The average molecular weight is 350 g/mol. The van der Waals surface area contributed by atoms with Gasteiger partial charge in [0.1, 0.15) is 0 Å². The van der Waals surface area contributed by atoms with Gasteiger partial charge in [0.2, 0.25) is 0 Å². The van der Waals surface area contributed by atoms with Crippen LogP contribution in [0.3, 0.4) is 0 Å². The van der Waals surface area contributed by atoms with E-state index in [1.807, 2.05) is 0 Å². The van der Waals surface area contributed by atoms with Crippen molar-refractivity contribution in [3.05, 3.63) is 36.0 Å². The van der Waals surface area contributed by atoms with Crippen LogP contribution >= 0.6 is 0 Å². The van der Waals surface area contributed by atoms with Gasteiger partial charge in [0, 0.05) is 55.9 Å². The zero-order valence-corrected chi connectivity index (χ0v) is 15.7. The summed E-state index contributed by atoms with van der Waals surface area (Å²) in [6, 6.07) is 9.64. The lowest BCUT2D eigenvalue weighted by Crippen LogP contribution is -2.60. The molecule has 0 spiro atoms. The van der Waals surface area contributed by atoms with Crippen molar-refractivity contribution in [1.82, 2.24) is 14.8 Å². The molecular weight excluding hydrogens is 318 g/mol. The second-order valence-corrected chi connectivity index (χ2v) is 9.59.